The quantitative estimate of drug-likeness (QED) is 0.440. The topological polar surface area (TPSA) is 76.2 Å². The van der Waals surface area contributed by atoms with Crippen molar-refractivity contribution in [3.05, 3.63) is 88.7 Å². The zero-order chi connectivity index (χ0) is 21.8. The third-order valence-electron chi connectivity index (χ3n) is 4.70. The van der Waals surface area contributed by atoms with Crippen molar-refractivity contribution in [3.63, 3.8) is 0 Å². The number of imidazole rings is 1. The second-order valence-electron chi connectivity index (χ2n) is 6.74. The fraction of sp³-hybridized carbons (Fsp3) is 0.0833. The molecule has 7 heteroatoms. The van der Waals surface area contributed by atoms with E-state index in [4.69, 9.17) is 21.1 Å². The third kappa shape index (κ3) is 4.54. The zero-order valence-corrected chi connectivity index (χ0v) is 17.7. The first kappa shape index (κ1) is 20.5. The number of nitrogens with zero attached hydrogens (tertiary/aromatic N) is 1. The number of fused-ring (bicyclic) bond motifs is 1. The lowest BCUT2D eigenvalue weighted by Crippen LogP contribution is -2.22. The smallest absolute Gasteiger partial charge is 0.255 e. The monoisotopic (exact) mass is 433 g/mol. The van der Waals surface area contributed by atoms with Gasteiger partial charge in [0.15, 0.2) is 17.3 Å². The largest absolute Gasteiger partial charge is 0.493 e. The summed E-state index contributed by atoms with van der Waals surface area (Å²) in [5, 5.41) is 3.56. The molecule has 0 atom stereocenters. The molecule has 6 nitrogen and oxygen atoms in total. The average molecular weight is 434 g/mol. The van der Waals surface area contributed by atoms with Gasteiger partial charge in [0.25, 0.3) is 5.91 Å². The Balaban J connectivity index is 1.78. The lowest BCUT2D eigenvalue weighted by Gasteiger charge is -2.10. The first-order valence-electron chi connectivity index (χ1n) is 9.53. The van der Waals surface area contributed by atoms with Crippen LogP contribution in [0.2, 0.25) is 5.02 Å². The van der Waals surface area contributed by atoms with Gasteiger partial charge in [-0.15, -0.1) is 0 Å². The molecule has 0 bridgehead atoms. The van der Waals surface area contributed by atoms with Crippen LogP contribution in [0.3, 0.4) is 0 Å². The van der Waals surface area contributed by atoms with Crippen molar-refractivity contribution < 1.29 is 14.3 Å². The number of nitrogens with one attached hydrogen (secondary N) is 2. The highest BCUT2D eigenvalue weighted by atomic mass is 35.5. The molecule has 0 aliphatic heterocycles. The molecule has 4 aromatic rings. The van der Waals surface area contributed by atoms with Crippen LogP contribution >= 0.6 is 11.6 Å². The number of ether oxygens (including phenoxy) is 2. The number of amides is 1. The van der Waals surface area contributed by atoms with Crippen LogP contribution < -0.4 is 14.8 Å². The van der Waals surface area contributed by atoms with Gasteiger partial charge in [-0.25, -0.2) is 4.98 Å². The molecule has 1 aromatic heterocycles. The van der Waals surface area contributed by atoms with Crippen LogP contribution in [0.5, 0.6) is 11.5 Å². The van der Waals surface area contributed by atoms with Crippen molar-refractivity contribution in [2.45, 2.75) is 0 Å². The highest BCUT2D eigenvalue weighted by molar-refractivity contribution is 6.31. The van der Waals surface area contributed by atoms with Crippen LogP contribution in [0.4, 0.5) is 0 Å². The molecule has 0 radical (unpaired) electrons. The Morgan fingerprint density at radius 3 is 2.52 bits per heavy atom. The van der Waals surface area contributed by atoms with E-state index in [0.717, 1.165) is 16.6 Å². The van der Waals surface area contributed by atoms with E-state index < -0.39 is 0 Å². The Bertz CT molecular complexity index is 1270. The summed E-state index contributed by atoms with van der Waals surface area (Å²) < 4.78 is 10.7. The zero-order valence-electron chi connectivity index (χ0n) is 17.0. The number of rotatable bonds is 6. The summed E-state index contributed by atoms with van der Waals surface area (Å²) in [6.07, 6.45) is 1.82. The van der Waals surface area contributed by atoms with Crippen molar-refractivity contribution in [1.82, 2.24) is 15.3 Å². The van der Waals surface area contributed by atoms with Gasteiger partial charge in [0, 0.05) is 10.6 Å². The summed E-state index contributed by atoms with van der Waals surface area (Å²) in [5.74, 6) is 1.47. The fourth-order valence-corrected chi connectivity index (χ4v) is 3.34. The van der Waals surface area contributed by atoms with E-state index in [1.165, 1.54) is 0 Å². The van der Waals surface area contributed by atoms with E-state index in [1.807, 2.05) is 42.5 Å². The van der Waals surface area contributed by atoms with Crippen molar-refractivity contribution in [2.75, 3.05) is 14.2 Å². The van der Waals surface area contributed by atoms with E-state index in [9.17, 15) is 4.79 Å². The van der Waals surface area contributed by atoms with Gasteiger partial charge in [-0.05, 0) is 54.1 Å². The molecule has 0 spiro atoms. The number of methoxy groups -OCH3 is 2. The van der Waals surface area contributed by atoms with Crippen LogP contribution in [0.1, 0.15) is 21.7 Å². The van der Waals surface area contributed by atoms with E-state index in [2.05, 4.69) is 15.3 Å². The van der Waals surface area contributed by atoms with Gasteiger partial charge in [-0.1, -0.05) is 35.9 Å². The summed E-state index contributed by atoms with van der Waals surface area (Å²) in [5.41, 5.74) is 3.37. The van der Waals surface area contributed by atoms with Crippen LogP contribution in [0.15, 0.2) is 66.7 Å². The van der Waals surface area contributed by atoms with Gasteiger partial charge in [0.05, 0.1) is 31.0 Å². The summed E-state index contributed by atoms with van der Waals surface area (Å²) in [6, 6.07) is 19.9. The molecule has 0 saturated heterocycles. The van der Waals surface area contributed by atoms with E-state index in [-0.39, 0.29) is 5.91 Å². The highest BCUT2D eigenvalue weighted by Gasteiger charge is 2.14. The van der Waals surface area contributed by atoms with Crippen LogP contribution in [-0.2, 0) is 0 Å². The number of H-pyrrole nitrogens is 1. The fourth-order valence-electron chi connectivity index (χ4n) is 3.17. The first-order valence-corrected chi connectivity index (χ1v) is 9.91. The maximum atomic E-state index is 12.9. The number of halogens is 1. The molecule has 3 aromatic carbocycles. The Kier molecular flexibility index (Phi) is 5.91. The molecule has 156 valence electrons. The molecule has 0 unspecified atom stereocenters. The third-order valence-corrected chi connectivity index (χ3v) is 4.94. The summed E-state index contributed by atoms with van der Waals surface area (Å²) in [4.78, 5) is 20.7. The minimum atomic E-state index is -0.245. The van der Waals surface area contributed by atoms with E-state index in [0.29, 0.717) is 33.6 Å². The number of hydrogen-bond acceptors (Lipinski definition) is 4. The van der Waals surface area contributed by atoms with E-state index >= 15 is 0 Å². The number of hydrogen-bond donors (Lipinski definition) is 2. The number of carbonyl (C=O) groups excluding carboxylic acids is 1. The molecule has 2 N–H and O–H groups in total. The van der Waals surface area contributed by atoms with E-state index in [1.54, 1.807) is 44.6 Å². The Hall–Kier alpha value is -3.77. The molecule has 0 aliphatic rings. The predicted octanol–water partition coefficient (Wildman–Crippen LogP) is 5.16. The molecule has 0 aliphatic carbocycles. The van der Waals surface area contributed by atoms with Gasteiger partial charge in [0.1, 0.15) is 0 Å². The number of aromatic amines is 1. The first-order chi connectivity index (χ1) is 15.1. The Morgan fingerprint density at radius 2 is 1.77 bits per heavy atom. The minimum absolute atomic E-state index is 0.245. The Morgan fingerprint density at radius 1 is 1.00 bits per heavy atom. The summed E-state index contributed by atoms with van der Waals surface area (Å²) >= 11 is 6.11. The minimum Gasteiger partial charge on any atom is -0.493 e. The number of aromatic nitrogens is 2. The predicted molar refractivity (Wildman–Crippen MR) is 122 cm³/mol. The maximum absolute atomic E-state index is 12.9. The molecule has 1 amide bonds. The highest BCUT2D eigenvalue weighted by Crippen LogP contribution is 2.29. The molecule has 0 saturated carbocycles. The van der Waals surface area contributed by atoms with Gasteiger partial charge >= 0.3 is 0 Å². The molecule has 31 heavy (non-hydrogen) atoms. The van der Waals surface area contributed by atoms with Gasteiger partial charge in [0.2, 0.25) is 0 Å². The van der Waals surface area contributed by atoms with Crippen molar-refractivity contribution in [1.29, 1.82) is 0 Å². The lowest BCUT2D eigenvalue weighted by atomic mass is 10.1. The van der Waals surface area contributed by atoms with Gasteiger partial charge in [-0.2, -0.15) is 0 Å². The van der Waals surface area contributed by atoms with Crippen molar-refractivity contribution in [3.8, 4) is 11.5 Å². The number of carbonyl (C=O) groups is 1. The maximum Gasteiger partial charge on any atom is 0.255 e. The average Bonchev–Trinajstić information content (AvgIpc) is 3.22. The Labute approximate surface area is 184 Å². The van der Waals surface area contributed by atoms with Crippen molar-refractivity contribution in [2.24, 2.45) is 0 Å². The van der Waals surface area contributed by atoms with Crippen LogP contribution in [0.25, 0.3) is 22.8 Å². The lowest BCUT2D eigenvalue weighted by molar-refractivity contribution is 0.0973. The molecular formula is C24H20ClN3O3. The second kappa shape index (κ2) is 8.93. The molecule has 4 rings (SSSR count). The summed E-state index contributed by atoms with van der Waals surface area (Å²) in [6.45, 7) is 0. The van der Waals surface area contributed by atoms with Crippen LogP contribution in [-0.4, -0.2) is 30.1 Å². The van der Waals surface area contributed by atoms with Crippen molar-refractivity contribution >= 4 is 40.3 Å². The number of benzene rings is 3. The SMILES string of the molecule is COc1ccc(/C=C(\NC(=O)c2ccccc2)c2nc3ccc(Cl)cc3[nH]2)cc1OC. The molecule has 1 heterocycles. The standard InChI is InChI=1S/C24H20ClN3O3/c1-30-21-11-8-15(13-22(21)31-2)12-20(28-24(29)16-6-4-3-5-7-16)23-26-18-10-9-17(25)14-19(18)27-23/h3-14H,1-2H3,(H,26,27)(H,28,29)/b20-12-. The van der Waals surface area contributed by atoms with Gasteiger partial charge in [-0.3, -0.25) is 4.79 Å². The molecular weight excluding hydrogens is 414 g/mol. The normalized spacial score (nSPS) is 11.4. The van der Waals surface area contributed by atoms with Crippen LogP contribution in [0, 0.1) is 0 Å². The van der Waals surface area contributed by atoms with Gasteiger partial charge < -0.3 is 19.8 Å². The second-order valence-corrected chi connectivity index (χ2v) is 7.18. The summed E-state index contributed by atoms with van der Waals surface area (Å²) in [7, 11) is 3.16. The molecule has 0 fully saturated rings.